The SMILES string of the molecule is COC1CCC([C@H](c2ccc(F)cc2)[C@H](NC(=O)O)C(=O)Nc2ccc(F)c(F)c2CC[C@H]2CN[C@@H]3CCCS(=O)(=O)N2C3)CC1. The first-order chi connectivity index (χ1) is 22.0. The fourth-order valence-electron chi connectivity index (χ4n) is 7.28. The number of fused-ring (bicyclic) bond motifs is 2. The molecule has 2 saturated heterocycles. The van der Waals surface area contributed by atoms with Gasteiger partial charge in [0.15, 0.2) is 11.6 Å². The highest BCUT2D eigenvalue weighted by atomic mass is 32.2. The molecule has 4 N–H and O–H groups in total. The molecule has 252 valence electrons. The van der Waals surface area contributed by atoms with Crippen LogP contribution < -0.4 is 16.0 Å². The maximum atomic E-state index is 15.3. The van der Waals surface area contributed by atoms with E-state index in [0.29, 0.717) is 50.8 Å². The van der Waals surface area contributed by atoms with Crippen molar-refractivity contribution in [3.8, 4) is 0 Å². The summed E-state index contributed by atoms with van der Waals surface area (Å²) >= 11 is 0. The lowest BCUT2D eigenvalue weighted by molar-refractivity contribution is -0.119. The Morgan fingerprint density at radius 3 is 2.46 bits per heavy atom. The van der Waals surface area contributed by atoms with Crippen LogP contribution in [0.4, 0.5) is 23.7 Å². The van der Waals surface area contributed by atoms with Crippen LogP contribution in [0.1, 0.15) is 62.0 Å². The standard InChI is InChI=1S/C32H41F3N4O6S/c1-45-24-11-6-20(7-12-24)28(19-4-8-21(33)9-5-19)30(38-32(41)42)31(40)37-27-15-14-26(34)29(35)25(27)13-10-23-17-36-22-3-2-16-46(43,44)39(23)18-22/h4-5,8-9,14-15,20,22-24,28,30,36,38H,2-3,6-7,10-13,16-18H2,1H3,(H,37,40)(H,41,42)/t20?,22-,23+,24?,28+,30+/m1/s1. The normalized spacial score (nSPS) is 27.2. The number of hydrogen-bond acceptors (Lipinski definition) is 6. The number of carbonyl (C=O) groups is 2. The average molecular weight is 667 g/mol. The van der Waals surface area contributed by atoms with Crippen LogP contribution in [0.5, 0.6) is 0 Å². The van der Waals surface area contributed by atoms with E-state index in [1.54, 1.807) is 7.11 Å². The van der Waals surface area contributed by atoms with Crippen LogP contribution in [-0.4, -0.2) is 80.0 Å². The number of nitrogens with zero attached hydrogens (tertiary/aromatic N) is 1. The van der Waals surface area contributed by atoms with E-state index < -0.39 is 57.5 Å². The van der Waals surface area contributed by atoms with Crippen molar-refractivity contribution in [1.29, 1.82) is 0 Å². The van der Waals surface area contributed by atoms with Gasteiger partial charge in [-0.2, -0.15) is 4.31 Å². The van der Waals surface area contributed by atoms with Crippen molar-refractivity contribution in [1.82, 2.24) is 14.9 Å². The Labute approximate surface area is 267 Å². The zero-order chi connectivity index (χ0) is 33.0. The van der Waals surface area contributed by atoms with Crippen molar-refractivity contribution >= 4 is 27.7 Å². The topological polar surface area (TPSA) is 137 Å². The predicted molar refractivity (Wildman–Crippen MR) is 165 cm³/mol. The minimum Gasteiger partial charge on any atom is -0.465 e. The van der Waals surface area contributed by atoms with Gasteiger partial charge in [-0.3, -0.25) is 4.79 Å². The second-order valence-corrected chi connectivity index (χ2v) is 14.5. The first-order valence-electron chi connectivity index (χ1n) is 15.7. The number of carbonyl (C=O) groups excluding carboxylic acids is 1. The fourth-order valence-corrected chi connectivity index (χ4v) is 9.08. The third kappa shape index (κ3) is 7.84. The van der Waals surface area contributed by atoms with Crippen LogP contribution in [-0.2, 0) is 26.0 Å². The Balaban J connectivity index is 1.41. The number of rotatable bonds is 10. The lowest BCUT2D eigenvalue weighted by atomic mass is 9.72. The molecule has 0 radical (unpaired) electrons. The second kappa shape index (κ2) is 14.7. The van der Waals surface area contributed by atoms with Crippen molar-refractivity contribution < 1.29 is 41.0 Å². The molecule has 2 aromatic carbocycles. The summed E-state index contributed by atoms with van der Waals surface area (Å²) in [6, 6.07) is 5.84. The van der Waals surface area contributed by atoms with Gasteiger partial charge in [-0.15, -0.1) is 0 Å². The van der Waals surface area contributed by atoms with E-state index in [1.165, 1.54) is 34.6 Å². The highest BCUT2D eigenvalue weighted by Gasteiger charge is 2.40. The molecule has 5 rings (SSSR count). The lowest BCUT2D eigenvalue weighted by Crippen LogP contribution is -2.57. The Morgan fingerprint density at radius 2 is 1.78 bits per heavy atom. The Kier molecular flexibility index (Phi) is 10.9. The molecule has 10 nitrogen and oxygen atoms in total. The minimum atomic E-state index is -3.51. The van der Waals surface area contributed by atoms with E-state index in [1.807, 2.05) is 0 Å². The number of methoxy groups -OCH3 is 1. The molecular weight excluding hydrogens is 625 g/mol. The second-order valence-electron chi connectivity index (χ2n) is 12.5. The van der Waals surface area contributed by atoms with Gasteiger partial charge in [-0.05, 0) is 87.1 Å². The summed E-state index contributed by atoms with van der Waals surface area (Å²) in [6.07, 6.45) is 2.56. The molecule has 0 spiro atoms. The van der Waals surface area contributed by atoms with Crippen LogP contribution in [0.25, 0.3) is 0 Å². The molecule has 5 atom stereocenters. The van der Waals surface area contributed by atoms with E-state index in [9.17, 15) is 31.9 Å². The van der Waals surface area contributed by atoms with Crippen molar-refractivity contribution in [2.24, 2.45) is 5.92 Å². The lowest BCUT2D eigenvalue weighted by Gasteiger charge is -2.38. The molecular formula is C32H41F3N4O6S. The number of ether oxygens (including phenoxy) is 1. The third-order valence-electron chi connectivity index (χ3n) is 9.68. The Hall–Kier alpha value is -3.20. The molecule has 2 heterocycles. The van der Waals surface area contributed by atoms with Gasteiger partial charge < -0.3 is 25.8 Å². The van der Waals surface area contributed by atoms with Crippen LogP contribution in [0.3, 0.4) is 0 Å². The van der Waals surface area contributed by atoms with Crippen molar-refractivity contribution in [3.05, 3.63) is 65.0 Å². The van der Waals surface area contributed by atoms with Gasteiger partial charge in [-0.25, -0.2) is 26.4 Å². The number of carboxylic acid groups (broad SMARTS) is 1. The van der Waals surface area contributed by atoms with Crippen LogP contribution in [0, 0.1) is 23.4 Å². The van der Waals surface area contributed by atoms with E-state index in [2.05, 4.69) is 16.0 Å². The quantitative estimate of drug-likeness (QED) is 0.296. The zero-order valence-electron chi connectivity index (χ0n) is 25.7. The molecule has 2 amide bonds. The summed E-state index contributed by atoms with van der Waals surface area (Å²) in [6.45, 7) is 0.666. The number of benzene rings is 2. The van der Waals surface area contributed by atoms with E-state index in [4.69, 9.17) is 4.74 Å². The summed E-state index contributed by atoms with van der Waals surface area (Å²) in [5, 5.41) is 18.1. The predicted octanol–water partition coefficient (Wildman–Crippen LogP) is 4.37. The molecule has 2 aromatic rings. The number of hydrogen-bond donors (Lipinski definition) is 4. The van der Waals surface area contributed by atoms with E-state index in [0.717, 1.165) is 12.5 Å². The number of nitrogens with one attached hydrogen (secondary N) is 3. The van der Waals surface area contributed by atoms with Crippen molar-refractivity contribution in [2.45, 2.75) is 81.5 Å². The summed E-state index contributed by atoms with van der Waals surface area (Å²) in [4.78, 5) is 26.0. The third-order valence-corrected chi connectivity index (χ3v) is 11.6. The van der Waals surface area contributed by atoms with Gasteiger partial charge in [0.25, 0.3) is 0 Å². The Morgan fingerprint density at radius 1 is 1.07 bits per heavy atom. The highest BCUT2D eigenvalue weighted by molar-refractivity contribution is 7.89. The molecule has 2 bridgehead atoms. The van der Waals surface area contributed by atoms with Gasteiger partial charge >= 0.3 is 6.09 Å². The fraction of sp³-hybridized carbons (Fsp3) is 0.562. The minimum absolute atomic E-state index is 0.0254. The van der Waals surface area contributed by atoms with Gasteiger partial charge in [0.1, 0.15) is 11.9 Å². The smallest absolute Gasteiger partial charge is 0.405 e. The van der Waals surface area contributed by atoms with Crippen LogP contribution in [0.2, 0.25) is 0 Å². The first kappa shape index (κ1) is 34.1. The van der Waals surface area contributed by atoms with Gasteiger partial charge in [-0.1, -0.05) is 12.1 Å². The van der Waals surface area contributed by atoms with Crippen molar-refractivity contribution in [2.75, 3.05) is 31.3 Å². The summed E-state index contributed by atoms with van der Waals surface area (Å²) in [5.41, 5.74) is 0.376. The molecule has 1 unspecified atom stereocenters. The van der Waals surface area contributed by atoms with E-state index >= 15 is 4.39 Å². The number of amides is 2. The van der Waals surface area contributed by atoms with Gasteiger partial charge in [0.2, 0.25) is 15.9 Å². The summed E-state index contributed by atoms with van der Waals surface area (Å²) in [5.74, 6) is -4.40. The van der Waals surface area contributed by atoms with Gasteiger partial charge in [0.05, 0.1) is 11.9 Å². The average Bonchev–Trinajstić information content (AvgIpc) is 3.15. The van der Waals surface area contributed by atoms with E-state index in [-0.39, 0.29) is 47.9 Å². The number of piperazine rings is 1. The molecule has 46 heavy (non-hydrogen) atoms. The molecule has 0 aromatic heterocycles. The number of anilines is 1. The summed E-state index contributed by atoms with van der Waals surface area (Å²) < 4.78 is 76.5. The molecule has 1 aliphatic carbocycles. The maximum Gasteiger partial charge on any atom is 0.405 e. The van der Waals surface area contributed by atoms with Crippen molar-refractivity contribution in [3.63, 3.8) is 0 Å². The van der Waals surface area contributed by atoms with Gasteiger partial charge in [0, 0.05) is 49.5 Å². The molecule has 14 heteroatoms. The Bertz CT molecular complexity index is 1500. The maximum absolute atomic E-state index is 15.3. The number of sulfonamides is 1. The zero-order valence-corrected chi connectivity index (χ0v) is 26.5. The molecule has 1 saturated carbocycles. The highest BCUT2D eigenvalue weighted by Crippen LogP contribution is 2.40. The largest absolute Gasteiger partial charge is 0.465 e. The molecule has 3 aliphatic rings. The first-order valence-corrected chi connectivity index (χ1v) is 17.4. The summed E-state index contributed by atoms with van der Waals surface area (Å²) in [7, 11) is -1.89. The molecule has 3 fully saturated rings. The molecule has 2 aliphatic heterocycles. The van der Waals surface area contributed by atoms with Crippen LogP contribution >= 0.6 is 0 Å². The van der Waals surface area contributed by atoms with Crippen LogP contribution in [0.15, 0.2) is 36.4 Å². The number of halogens is 3. The monoisotopic (exact) mass is 666 g/mol.